The minimum atomic E-state index is -0.344. The Hall–Kier alpha value is -2.14. The third-order valence-corrected chi connectivity index (χ3v) is 3.04. The Morgan fingerprint density at radius 3 is 2.90 bits per heavy atom. The van der Waals surface area contributed by atoms with Crippen LogP contribution in [0.4, 0.5) is 4.79 Å². The SMILES string of the molecule is CC1=CC(=O)CC(NC(=O)NCCCCCCN=C=O)N1. The second-order valence-electron chi connectivity index (χ2n) is 4.98. The van der Waals surface area contributed by atoms with Crippen molar-refractivity contribution in [1.82, 2.24) is 16.0 Å². The molecule has 0 aromatic rings. The van der Waals surface area contributed by atoms with Crippen molar-refractivity contribution in [3.05, 3.63) is 11.8 Å². The van der Waals surface area contributed by atoms with Crippen LogP contribution in [0.3, 0.4) is 0 Å². The average molecular weight is 294 g/mol. The van der Waals surface area contributed by atoms with Gasteiger partial charge in [0.1, 0.15) is 6.17 Å². The first-order valence-corrected chi connectivity index (χ1v) is 7.17. The third kappa shape index (κ3) is 7.89. The second kappa shape index (κ2) is 9.72. The normalized spacial score (nSPS) is 17.3. The molecule has 0 fully saturated rings. The van der Waals surface area contributed by atoms with E-state index in [0.29, 0.717) is 13.1 Å². The van der Waals surface area contributed by atoms with Gasteiger partial charge in [-0.15, -0.1) is 0 Å². The van der Waals surface area contributed by atoms with Crippen molar-refractivity contribution in [2.75, 3.05) is 13.1 Å². The van der Waals surface area contributed by atoms with Crippen LogP contribution in [-0.4, -0.2) is 37.1 Å². The maximum Gasteiger partial charge on any atom is 0.316 e. The fraction of sp³-hybridized carbons (Fsp3) is 0.643. The van der Waals surface area contributed by atoms with Crippen LogP contribution in [0, 0.1) is 0 Å². The van der Waals surface area contributed by atoms with Gasteiger partial charge in [-0.05, 0) is 25.8 Å². The molecule has 1 aliphatic heterocycles. The largest absolute Gasteiger partial charge is 0.368 e. The number of carbonyl (C=O) groups excluding carboxylic acids is 3. The van der Waals surface area contributed by atoms with Gasteiger partial charge in [-0.2, -0.15) is 0 Å². The summed E-state index contributed by atoms with van der Waals surface area (Å²) in [6.45, 7) is 2.89. The van der Waals surface area contributed by atoms with E-state index in [1.807, 2.05) is 0 Å². The highest BCUT2D eigenvalue weighted by Crippen LogP contribution is 2.04. The molecule has 1 aliphatic rings. The van der Waals surface area contributed by atoms with E-state index in [4.69, 9.17) is 0 Å². The van der Waals surface area contributed by atoms with Gasteiger partial charge in [0.2, 0.25) is 6.08 Å². The molecule has 2 amide bonds. The molecule has 7 nitrogen and oxygen atoms in total. The summed E-state index contributed by atoms with van der Waals surface area (Å²) in [5.74, 6) is 0.00883. The minimum absolute atomic E-state index is 0.00883. The number of ketones is 1. The van der Waals surface area contributed by atoms with Crippen LogP contribution in [0.15, 0.2) is 16.8 Å². The molecule has 0 saturated carbocycles. The molecule has 0 aromatic carbocycles. The molecule has 1 atom stereocenters. The average Bonchev–Trinajstić information content (AvgIpc) is 2.40. The van der Waals surface area contributed by atoms with Crippen LogP contribution >= 0.6 is 0 Å². The number of urea groups is 1. The Morgan fingerprint density at radius 1 is 1.43 bits per heavy atom. The van der Waals surface area contributed by atoms with Crippen LogP contribution in [0.25, 0.3) is 0 Å². The Kier molecular flexibility index (Phi) is 7.82. The number of allylic oxidation sites excluding steroid dienone is 2. The molecule has 0 spiro atoms. The van der Waals surface area contributed by atoms with E-state index in [9.17, 15) is 14.4 Å². The lowest BCUT2D eigenvalue weighted by molar-refractivity contribution is -0.115. The number of aliphatic imine (C=N–C) groups is 1. The monoisotopic (exact) mass is 294 g/mol. The summed E-state index contributed by atoms with van der Waals surface area (Å²) >= 11 is 0. The summed E-state index contributed by atoms with van der Waals surface area (Å²) in [5.41, 5.74) is 0.759. The molecular formula is C14H22N4O3. The van der Waals surface area contributed by atoms with Gasteiger partial charge in [0.15, 0.2) is 5.78 Å². The molecule has 0 aromatic heterocycles. The highest BCUT2D eigenvalue weighted by molar-refractivity contribution is 5.92. The zero-order chi connectivity index (χ0) is 15.5. The molecule has 1 rings (SSSR count). The fourth-order valence-corrected chi connectivity index (χ4v) is 2.08. The van der Waals surface area contributed by atoms with Gasteiger partial charge in [0.05, 0.1) is 6.54 Å². The van der Waals surface area contributed by atoms with Crippen LogP contribution in [0.1, 0.15) is 39.0 Å². The quantitative estimate of drug-likeness (QED) is 0.353. The maximum atomic E-state index is 11.6. The molecule has 0 radical (unpaired) electrons. The molecule has 7 heteroatoms. The number of amides is 2. The maximum absolute atomic E-state index is 11.6. The van der Waals surface area contributed by atoms with Crippen molar-refractivity contribution in [3.63, 3.8) is 0 Å². The van der Waals surface area contributed by atoms with E-state index >= 15 is 0 Å². The second-order valence-corrected chi connectivity index (χ2v) is 4.98. The third-order valence-electron chi connectivity index (χ3n) is 3.04. The zero-order valence-corrected chi connectivity index (χ0v) is 12.3. The van der Waals surface area contributed by atoms with Crippen LogP contribution in [0.5, 0.6) is 0 Å². The van der Waals surface area contributed by atoms with Crippen molar-refractivity contribution >= 4 is 17.9 Å². The van der Waals surface area contributed by atoms with Crippen molar-refractivity contribution in [2.45, 2.75) is 45.2 Å². The number of nitrogens with one attached hydrogen (secondary N) is 3. The van der Waals surface area contributed by atoms with E-state index in [-0.39, 0.29) is 24.4 Å². The highest BCUT2D eigenvalue weighted by Gasteiger charge is 2.18. The topological polar surface area (TPSA) is 99.7 Å². The van der Waals surface area contributed by atoms with E-state index < -0.39 is 0 Å². The van der Waals surface area contributed by atoms with Gasteiger partial charge >= 0.3 is 6.03 Å². The molecule has 1 unspecified atom stereocenters. The predicted octanol–water partition coefficient (Wildman–Crippen LogP) is 0.974. The summed E-state index contributed by atoms with van der Waals surface area (Å²) in [5, 5.41) is 8.51. The number of unbranched alkanes of at least 4 members (excludes halogenated alkanes) is 3. The van der Waals surface area contributed by atoms with Gasteiger partial charge in [-0.1, -0.05) is 12.8 Å². The Bertz CT molecular complexity index is 442. The number of nitrogens with zero attached hydrogens (tertiary/aromatic N) is 1. The first-order chi connectivity index (χ1) is 10.1. The molecule has 3 N–H and O–H groups in total. The van der Waals surface area contributed by atoms with E-state index in [2.05, 4.69) is 20.9 Å². The molecular weight excluding hydrogens is 272 g/mol. The smallest absolute Gasteiger partial charge is 0.316 e. The van der Waals surface area contributed by atoms with Gasteiger partial charge < -0.3 is 16.0 Å². The Labute approximate surface area is 124 Å². The summed E-state index contributed by atoms with van der Waals surface area (Å²) in [4.78, 5) is 36.3. The molecule has 0 saturated heterocycles. The minimum Gasteiger partial charge on any atom is -0.368 e. The molecule has 1 heterocycles. The van der Waals surface area contributed by atoms with E-state index in [1.165, 1.54) is 12.2 Å². The lowest BCUT2D eigenvalue weighted by Crippen LogP contribution is -2.51. The standard InChI is InChI=1S/C14H22N4O3/c1-11-8-12(20)9-13(17-11)18-14(21)16-7-5-3-2-4-6-15-10-19/h8,13,17H,2-7,9H2,1H3,(H2,16,18,21). The molecule has 116 valence electrons. The van der Waals surface area contributed by atoms with Gasteiger partial charge in [-0.25, -0.2) is 14.6 Å². The number of hydrogen-bond donors (Lipinski definition) is 3. The van der Waals surface area contributed by atoms with Gasteiger partial charge in [0, 0.05) is 18.7 Å². The van der Waals surface area contributed by atoms with E-state index in [1.54, 1.807) is 6.92 Å². The summed E-state index contributed by atoms with van der Waals surface area (Å²) < 4.78 is 0. The fourth-order valence-electron chi connectivity index (χ4n) is 2.08. The number of hydrogen-bond acceptors (Lipinski definition) is 5. The van der Waals surface area contributed by atoms with Gasteiger partial charge in [-0.3, -0.25) is 4.79 Å². The zero-order valence-electron chi connectivity index (χ0n) is 12.3. The summed E-state index contributed by atoms with van der Waals surface area (Å²) in [6.07, 6.45) is 6.63. The van der Waals surface area contributed by atoms with Gasteiger partial charge in [0.25, 0.3) is 0 Å². The predicted molar refractivity (Wildman–Crippen MR) is 78.3 cm³/mol. The molecule has 0 aliphatic carbocycles. The van der Waals surface area contributed by atoms with E-state index in [0.717, 1.165) is 31.4 Å². The summed E-state index contributed by atoms with van der Waals surface area (Å²) in [6, 6.07) is -0.277. The number of rotatable bonds is 8. The van der Waals surface area contributed by atoms with Crippen molar-refractivity contribution in [1.29, 1.82) is 0 Å². The first-order valence-electron chi connectivity index (χ1n) is 7.17. The van der Waals surface area contributed by atoms with Crippen molar-refractivity contribution < 1.29 is 14.4 Å². The van der Waals surface area contributed by atoms with Crippen LogP contribution in [0.2, 0.25) is 0 Å². The Balaban J connectivity index is 2.05. The first kappa shape index (κ1) is 16.9. The lowest BCUT2D eigenvalue weighted by atomic mass is 10.1. The number of carbonyl (C=O) groups is 2. The van der Waals surface area contributed by atoms with Crippen LogP contribution < -0.4 is 16.0 Å². The van der Waals surface area contributed by atoms with Crippen molar-refractivity contribution in [3.8, 4) is 0 Å². The lowest BCUT2D eigenvalue weighted by Gasteiger charge is -2.24. The van der Waals surface area contributed by atoms with Crippen LogP contribution in [-0.2, 0) is 9.59 Å². The number of isocyanates is 1. The summed E-state index contributed by atoms with van der Waals surface area (Å²) in [7, 11) is 0. The molecule has 21 heavy (non-hydrogen) atoms. The highest BCUT2D eigenvalue weighted by atomic mass is 16.2. The van der Waals surface area contributed by atoms with Crippen molar-refractivity contribution in [2.24, 2.45) is 4.99 Å². The Morgan fingerprint density at radius 2 is 2.19 bits per heavy atom. The molecule has 0 bridgehead atoms.